The Morgan fingerprint density at radius 2 is 2.29 bits per heavy atom. The van der Waals surface area contributed by atoms with Crippen molar-refractivity contribution in [3.63, 3.8) is 0 Å². The second-order valence-electron chi connectivity index (χ2n) is 3.61. The lowest BCUT2D eigenvalue weighted by atomic mass is 10.2. The van der Waals surface area contributed by atoms with E-state index in [2.05, 4.69) is 15.5 Å². The van der Waals surface area contributed by atoms with E-state index in [-0.39, 0.29) is 5.91 Å². The van der Waals surface area contributed by atoms with E-state index in [1.807, 2.05) is 29.0 Å². The van der Waals surface area contributed by atoms with E-state index in [1.54, 1.807) is 12.3 Å². The summed E-state index contributed by atoms with van der Waals surface area (Å²) in [6.07, 6.45) is 1.73. The highest BCUT2D eigenvalue weighted by Crippen LogP contribution is 2.21. The van der Waals surface area contributed by atoms with E-state index < -0.39 is 0 Å². The molecule has 0 atom stereocenters. The zero-order chi connectivity index (χ0) is 11.7. The second kappa shape index (κ2) is 4.03. The molecular weight excluding hydrogens is 234 g/mol. The highest BCUT2D eigenvalue weighted by Gasteiger charge is 2.09. The molecule has 0 unspecified atom stereocenters. The summed E-state index contributed by atoms with van der Waals surface area (Å²) in [5.41, 5.74) is 2.26. The topological polar surface area (TPSA) is 57.8 Å². The lowest BCUT2D eigenvalue weighted by Crippen LogP contribution is -2.10. The fraction of sp³-hybridized carbons (Fsp3) is 0. The molecule has 1 amide bonds. The van der Waals surface area contributed by atoms with Crippen LogP contribution in [0.4, 0.5) is 5.69 Å². The number of aromatic amines is 1. The molecule has 17 heavy (non-hydrogen) atoms. The Morgan fingerprint density at radius 3 is 3.12 bits per heavy atom. The van der Waals surface area contributed by atoms with Gasteiger partial charge in [-0.15, -0.1) is 0 Å². The van der Waals surface area contributed by atoms with Gasteiger partial charge in [0.2, 0.25) is 0 Å². The van der Waals surface area contributed by atoms with Gasteiger partial charge in [0.1, 0.15) is 0 Å². The van der Waals surface area contributed by atoms with Crippen molar-refractivity contribution in [1.82, 2.24) is 10.2 Å². The van der Waals surface area contributed by atoms with Crippen LogP contribution in [0, 0.1) is 0 Å². The minimum atomic E-state index is -0.103. The number of nitrogens with zero attached hydrogens (tertiary/aromatic N) is 1. The number of H-pyrrole nitrogens is 1. The van der Waals surface area contributed by atoms with Gasteiger partial charge in [0.25, 0.3) is 5.91 Å². The lowest BCUT2D eigenvalue weighted by Gasteiger charge is -2.04. The van der Waals surface area contributed by atoms with Gasteiger partial charge in [-0.1, -0.05) is 12.1 Å². The number of hydrogen-bond acceptors (Lipinski definition) is 3. The average Bonchev–Trinajstić information content (AvgIpc) is 3.00. The first-order valence-corrected chi connectivity index (χ1v) is 6.04. The molecule has 5 heteroatoms. The summed E-state index contributed by atoms with van der Waals surface area (Å²) < 4.78 is 0. The number of para-hydroxylation sites is 1. The van der Waals surface area contributed by atoms with Crippen molar-refractivity contribution in [2.75, 3.05) is 5.32 Å². The van der Waals surface area contributed by atoms with Crippen LogP contribution in [-0.2, 0) is 0 Å². The summed E-state index contributed by atoms with van der Waals surface area (Å²) in [6, 6.07) is 7.48. The van der Waals surface area contributed by atoms with Crippen molar-refractivity contribution in [1.29, 1.82) is 0 Å². The molecule has 84 valence electrons. The summed E-state index contributed by atoms with van der Waals surface area (Å²) in [5.74, 6) is -0.103. The third kappa shape index (κ3) is 1.81. The van der Waals surface area contributed by atoms with Gasteiger partial charge in [-0.3, -0.25) is 9.89 Å². The normalized spacial score (nSPS) is 10.6. The summed E-state index contributed by atoms with van der Waals surface area (Å²) in [4.78, 5) is 11.9. The van der Waals surface area contributed by atoms with Crippen LogP contribution in [0.3, 0.4) is 0 Å². The standard InChI is InChI=1S/C12H9N3OS/c16-12(9-4-5-17-7-9)14-10-3-1-2-8-6-13-15-11(8)10/h1-7H,(H,13,15)(H,14,16). The highest BCUT2D eigenvalue weighted by molar-refractivity contribution is 7.08. The van der Waals surface area contributed by atoms with Gasteiger partial charge in [0.05, 0.1) is 23.0 Å². The Bertz CT molecular complexity index is 657. The van der Waals surface area contributed by atoms with Crippen molar-refractivity contribution < 1.29 is 4.79 Å². The van der Waals surface area contributed by atoms with Crippen LogP contribution in [0.1, 0.15) is 10.4 Å². The van der Waals surface area contributed by atoms with Gasteiger partial charge < -0.3 is 5.32 Å². The number of anilines is 1. The third-order valence-corrected chi connectivity index (χ3v) is 3.19. The molecule has 0 aliphatic heterocycles. The van der Waals surface area contributed by atoms with Crippen molar-refractivity contribution in [2.45, 2.75) is 0 Å². The molecule has 0 radical (unpaired) electrons. The summed E-state index contributed by atoms with van der Waals surface area (Å²) in [7, 11) is 0. The van der Waals surface area contributed by atoms with E-state index >= 15 is 0 Å². The number of rotatable bonds is 2. The molecule has 3 aromatic rings. The monoisotopic (exact) mass is 243 g/mol. The Labute approximate surface area is 101 Å². The number of amides is 1. The van der Waals surface area contributed by atoms with E-state index in [1.165, 1.54) is 11.3 Å². The van der Waals surface area contributed by atoms with Gasteiger partial charge in [0.15, 0.2) is 0 Å². The number of thiophene rings is 1. The molecule has 1 aromatic carbocycles. The van der Waals surface area contributed by atoms with Crippen molar-refractivity contribution in [3.8, 4) is 0 Å². The van der Waals surface area contributed by atoms with Crippen LogP contribution in [-0.4, -0.2) is 16.1 Å². The zero-order valence-corrected chi connectivity index (χ0v) is 9.62. The summed E-state index contributed by atoms with van der Waals surface area (Å²) >= 11 is 1.50. The third-order valence-electron chi connectivity index (χ3n) is 2.51. The number of nitrogens with one attached hydrogen (secondary N) is 2. The van der Waals surface area contributed by atoms with Gasteiger partial charge in [0, 0.05) is 10.8 Å². The predicted octanol–water partition coefficient (Wildman–Crippen LogP) is 2.88. The molecule has 0 fully saturated rings. The molecule has 0 spiro atoms. The van der Waals surface area contributed by atoms with Crippen LogP contribution in [0.25, 0.3) is 10.9 Å². The van der Waals surface area contributed by atoms with Gasteiger partial charge >= 0.3 is 0 Å². The first-order chi connectivity index (χ1) is 8.34. The van der Waals surface area contributed by atoms with Crippen LogP contribution >= 0.6 is 11.3 Å². The molecule has 2 heterocycles. The SMILES string of the molecule is O=C(Nc1cccc2cn[nH]c12)c1ccsc1. The maximum absolute atomic E-state index is 11.9. The molecular formula is C12H9N3OS. The van der Waals surface area contributed by atoms with Gasteiger partial charge in [-0.25, -0.2) is 0 Å². The maximum Gasteiger partial charge on any atom is 0.256 e. The number of aromatic nitrogens is 2. The van der Waals surface area contributed by atoms with Crippen LogP contribution in [0.5, 0.6) is 0 Å². The fourth-order valence-corrected chi connectivity index (χ4v) is 2.30. The molecule has 0 aliphatic carbocycles. The quantitative estimate of drug-likeness (QED) is 0.727. The Hall–Kier alpha value is -2.14. The minimum absolute atomic E-state index is 0.103. The van der Waals surface area contributed by atoms with E-state index in [9.17, 15) is 4.79 Å². The number of fused-ring (bicyclic) bond motifs is 1. The zero-order valence-electron chi connectivity index (χ0n) is 8.81. The number of hydrogen-bond donors (Lipinski definition) is 2. The van der Waals surface area contributed by atoms with Crippen molar-refractivity contribution in [2.24, 2.45) is 0 Å². The maximum atomic E-state index is 11.9. The molecule has 2 aromatic heterocycles. The largest absolute Gasteiger partial charge is 0.320 e. The Kier molecular flexibility index (Phi) is 2.38. The second-order valence-corrected chi connectivity index (χ2v) is 4.39. The van der Waals surface area contributed by atoms with Crippen LogP contribution in [0.15, 0.2) is 41.2 Å². The Morgan fingerprint density at radius 1 is 1.35 bits per heavy atom. The molecule has 4 nitrogen and oxygen atoms in total. The molecule has 3 rings (SSSR count). The molecule has 0 aliphatic rings. The highest BCUT2D eigenvalue weighted by atomic mass is 32.1. The summed E-state index contributed by atoms with van der Waals surface area (Å²) in [6.45, 7) is 0. The Balaban J connectivity index is 1.95. The molecule has 2 N–H and O–H groups in total. The molecule has 0 bridgehead atoms. The first-order valence-electron chi connectivity index (χ1n) is 5.10. The number of carbonyl (C=O) groups is 1. The predicted molar refractivity (Wildman–Crippen MR) is 68.4 cm³/mol. The lowest BCUT2D eigenvalue weighted by molar-refractivity contribution is 0.102. The fourth-order valence-electron chi connectivity index (χ4n) is 1.66. The first kappa shape index (κ1) is 10.0. The van der Waals surface area contributed by atoms with Crippen molar-refractivity contribution >= 4 is 33.8 Å². The van der Waals surface area contributed by atoms with Crippen LogP contribution < -0.4 is 5.32 Å². The van der Waals surface area contributed by atoms with E-state index in [0.29, 0.717) is 5.56 Å². The van der Waals surface area contributed by atoms with Gasteiger partial charge in [-0.2, -0.15) is 16.4 Å². The van der Waals surface area contributed by atoms with Crippen molar-refractivity contribution in [3.05, 3.63) is 46.8 Å². The summed E-state index contributed by atoms with van der Waals surface area (Å²) in [5, 5.41) is 14.4. The minimum Gasteiger partial charge on any atom is -0.320 e. The van der Waals surface area contributed by atoms with E-state index in [4.69, 9.17) is 0 Å². The average molecular weight is 243 g/mol. The van der Waals surface area contributed by atoms with Crippen LogP contribution in [0.2, 0.25) is 0 Å². The van der Waals surface area contributed by atoms with Gasteiger partial charge in [-0.05, 0) is 17.5 Å². The number of benzene rings is 1. The smallest absolute Gasteiger partial charge is 0.256 e. The number of carbonyl (C=O) groups excluding carboxylic acids is 1. The molecule has 0 saturated carbocycles. The molecule has 0 saturated heterocycles. The van der Waals surface area contributed by atoms with E-state index in [0.717, 1.165) is 16.6 Å².